The molecule has 2 aromatic rings. The van der Waals surface area contributed by atoms with Crippen molar-refractivity contribution in [1.29, 1.82) is 0 Å². The third-order valence-electron chi connectivity index (χ3n) is 5.26. The van der Waals surface area contributed by atoms with E-state index < -0.39 is 72.1 Å². The summed E-state index contributed by atoms with van der Waals surface area (Å²) in [6.07, 6.45) is -4.19. The third-order valence-corrected chi connectivity index (χ3v) is 6.03. The maximum Gasteiger partial charge on any atom is 0.330 e. The Morgan fingerprint density at radius 2 is 1.59 bits per heavy atom. The minimum absolute atomic E-state index is 0.202. The molecule has 0 aromatic carbocycles. The van der Waals surface area contributed by atoms with Gasteiger partial charge in [-0.3, -0.25) is 28.7 Å². The Bertz CT molecular complexity index is 1220. The fourth-order valence-electron chi connectivity index (χ4n) is 3.46. The minimum atomic E-state index is -1.35. The summed E-state index contributed by atoms with van der Waals surface area (Å²) in [5, 5.41) is 46.6. The standard InChI is InChI=1S/C9H11IN2O5.C9H12N2O6/c10-4-2-12(9(16)11-8(4)15)7-1-5(14)6(3-13)17-7;12-3-4-6(14)7(15)8(17-4)11-2-1-5(13)10-9(11)16/h2,5-7,13-14H,1,3H2,(H,11,15,16);1-2,4,6-8,12,14-15H,3H2,(H,10,13,16)/t5-,6+,7?;4-,6-,7-,8-/m01/s1. The zero-order chi connectivity index (χ0) is 25.2. The number of hydrogen-bond acceptors (Lipinski definition) is 11. The summed E-state index contributed by atoms with van der Waals surface area (Å²) in [7, 11) is 0. The van der Waals surface area contributed by atoms with Crippen LogP contribution in [0, 0.1) is 3.57 Å². The Kier molecular flexibility index (Phi) is 8.57. The van der Waals surface area contributed by atoms with Gasteiger partial charge < -0.3 is 35.0 Å². The first-order valence-corrected chi connectivity index (χ1v) is 11.0. The maximum atomic E-state index is 11.6. The van der Waals surface area contributed by atoms with Crippen LogP contribution in [0.4, 0.5) is 0 Å². The topological polar surface area (TPSA) is 229 Å². The highest BCUT2D eigenvalue weighted by Gasteiger charge is 2.43. The number of aromatic amines is 2. The number of aromatic nitrogens is 4. The number of ether oxygens (including phenoxy) is 2. The molecule has 0 radical (unpaired) electrons. The van der Waals surface area contributed by atoms with Gasteiger partial charge in [0.15, 0.2) is 6.23 Å². The van der Waals surface area contributed by atoms with Crippen LogP contribution in [0.3, 0.4) is 0 Å². The zero-order valence-corrected chi connectivity index (χ0v) is 19.5. The van der Waals surface area contributed by atoms with Crippen molar-refractivity contribution in [3.05, 3.63) is 63.7 Å². The molecule has 15 nitrogen and oxygen atoms in total. The van der Waals surface area contributed by atoms with Crippen molar-refractivity contribution >= 4 is 22.6 Å². The van der Waals surface area contributed by atoms with E-state index in [1.807, 2.05) is 4.98 Å². The smallest absolute Gasteiger partial charge is 0.330 e. The van der Waals surface area contributed by atoms with Crippen molar-refractivity contribution in [3.8, 4) is 0 Å². The molecule has 0 spiro atoms. The molecule has 1 unspecified atom stereocenters. The van der Waals surface area contributed by atoms with Crippen molar-refractivity contribution < 1.29 is 35.0 Å². The monoisotopic (exact) mass is 598 g/mol. The summed E-state index contributed by atoms with van der Waals surface area (Å²) in [6.45, 7) is -0.792. The number of rotatable bonds is 4. The van der Waals surface area contributed by atoms with Crippen LogP contribution in [0.1, 0.15) is 18.9 Å². The van der Waals surface area contributed by atoms with E-state index in [9.17, 15) is 34.5 Å². The second-order valence-electron chi connectivity index (χ2n) is 7.50. The number of nitrogens with one attached hydrogen (secondary N) is 2. The lowest BCUT2D eigenvalue weighted by molar-refractivity contribution is -0.0550. The first kappa shape index (κ1) is 26.4. The average Bonchev–Trinajstić information content (AvgIpc) is 3.30. The van der Waals surface area contributed by atoms with E-state index in [1.54, 1.807) is 22.6 Å². The first-order chi connectivity index (χ1) is 16.1. The molecule has 4 heterocycles. The molecule has 16 heteroatoms. The fourth-order valence-corrected chi connectivity index (χ4v) is 3.90. The van der Waals surface area contributed by atoms with E-state index in [1.165, 1.54) is 10.8 Å². The van der Waals surface area contributed by atoms with Crippen LogP contribution in [0.15, 0.2) is 37.6 Å². The normalized spacial score (nSPS) is 30.7. The fraction of sp³-hybridized carbons (Fsp3) is 0.556. The summed E-state index contributed by atoms with van der Waals surface area (Å²) in [5.41, 5.74) is -2.37. The molecule has 2 saturated heterocycles. The molecule has 7 N–H and O–H groups in total. The van der Waals surface area contributed by atoms with Gasteiger partial charge in [-0.25, -0.2) is 9.59 Å². The lowest BCUT2D eigenvalue weighted by Crippen LogP contribution is -2.37. The minimum Gasteiger partial charge on any atom is -0.394 e. The van der Waals surface area contributed by atoms with Crippen molar-refractivity contribution in [3.63, 3.8) is 0 Å². The summed E-state index contributed by atoms with van der Waals surface area (Å²) >= 11 is 1.80. The van der Waals surface area contributed by atoms with Crippen LogP contribution in [-0.4, -0.2) is 88.4 Å². The van der Waals surface area contributed by atoms with E-state index in [0.29, 0.717) is 3.57 Å². The second-order valence-corrected chi connectivity index (χ2v) is 8.67. The molecule has 2 fully saturated rings. The number of halogens is 1. The number of aliphatic hydroxyl groups excluding tert-OH is 5. The second kappa shape index (κ2) is 11.0. The average molecular weight is 598 g/mol. The van der Waals surface area contributed by atoms with Gasteiger partial charge in [0.1, 0.15) is 30.6 Å². The molecule has 4 rings (SSSR count). The zero-order valence-electron chi connectivity index (χ0n) is 17.4. The van der Waals surface area contributed by atoms with Gasteiger partial charge in [0.2, 0.25) is 0 Å². The van der Waals surface area contributed by atoms with Gasteiger partial charge in [0, 0.05) is 24.9 Å². The summed E-state index contributed by atoms with van der Waals surface area (Å²) in [4.78, 5) is 49.2. The van der Waals surface area contributed by atoms with Crippen molar-refractivity contribution in [2.24, 2.45) is 0 Å². The van der Waals surface area contributed by atoms with E-state index in [0.717, 1.165) is 16.8 Å². The van der Waals surface area contributed by atoms with Crippen molar-refractivity contribution in [1.82, 2.24) is 19.1 Å². The SMILES string of the molecule is O=c1[nH]c(=O)n(C2C[C@H](O)[C@@H](CO)O2)cc1I.O=c1ccn([C@@H]2O[C@H](CO)[C@@H](O)[C@H]2O)c(=O)[nH]1. The van der Waals surface area contributed by atoms with E-state index >= 15 is 0 Å². The van der Waals surface area contributed by atoms with Crippen molar-refractivity contribution in [2.75, 3.05) is 13.2 Å². The Hall–Kier alpha value is -2.19. The summed E-state index contributed by atoms with van der Waals surface area (Å²) in [5.74, 6) is 0. The van der Waals surface area contributed by atoms with Crippen LogP contribution in [0.2, 0.25) is 0 Å². The summed E-state index contributed by atoms with van der Waals surface area (Å²) in [6, 6.07) is 1.09. The van der Waals surface area contributed by atoms with Crippen molar-refractivity contribution in [2.45, 2.75) is 49.4 Å². The van der Waals surface area contributed by atoms with Crippen LogP contribution in [-0.2, 0) is 9.47 Å². The molecule has 0 aliphatic carbocycles. The number of nitrogens with zero attached hydrogens (tertiary/aromatic N) is 2. The molecule has 34 heavy (non-hydrogen) atoms. The van der Waals surface area contributed by atoms with Crippen LogP contribution < -0.4 is 22.5 Å². The molecule has 0 bridgehead atoms. The largest absolute Gasteiger partial charge is 0.394 e. The highest BCUT2D eigenvalue weighted by Crippen LogP contribution is 2.28. The van der Waals surface area contributed by atoms with Crippen LogP contribution >= 0.6 is 22.6 Å². The Morgan fingerprint density at radius 3 is 2.15 bits per heavy atom. The predicted molar refractivity (Wildman–Crippen MR) is 120 cm³/mol. The quantitative estimate of drug-likeness (QED) is 0.168. The molecular weight excluding hydrogens is 575 g/mol. The Balaban J connectivity index is 0.000000191. The molecule has 0 saturated carbocycles. The molecule has 7 atom stereocenters. The first-order valence-electron chi connectivity index (χ1n) is 9.96. The van der Waals surface area contributed by atoms with Gasteiger partial charge in [0.05, 0.1) is 22.9 Å². The number of hydrogen-bond donors (Lipinski definition) is 7. The molecular formula is C18H23IN4O11. The van der Waals surface area contributed by atoms with Crippen LogP contribution in [0.25, 0.3) is 0 Å². The van der Waals surface area contributed by atoms with Gasteiger partial charge in [-0.15, -0.1) is 0 Å². The number of aliphatic hydroxyl groups is 5. The highest BCUT2D eigenvalue weighted by molar-refractivity contribution is 14.1. The molecule has 2 aliphatic heterocycles. The van der Waals surface area contributed by atoms with E-state index in [4.69, 9.17) is 19.7 Å². The van der Waals surface area contributed by atoms with E-state index in [-0.39, 0.29) is 13.0 Å². The lowest BCUT2D eigenvalue weighted by Gasteiger charge is -2.16. The van der Waals surface area contributed by atoms with Gasteiger partial charge in [0.25, 0.3) is 11.1 Å². The number of H-pyrrole nitrogens is 2. The lowest BCUT2D eigenvalue weighted by atomic mass is 10.1. The molecule has 2 aliphatic rings. The van der Waals surface area contributed by atoms with Gasteiger partial charge in [-0.2, -0.15) is 0 Å². The summed E-state index contributed by atoms with van der Waals surface area (Å²) < 4.78 is 13.0. The molecule has 0 amide bonds. The van der Waals surface area contributed by atoms with Crippen LogP contribution in [0.5, 0.6) is 0 Å². The maximum absolute atomic E-state index is 11.6. The molecule has 188 valence electrons. The molecule has 2 aromatic heterocycles. The highest BCUT2D eigenvalue weighted by atomic mass is 127. The van der Waals surface area contributed by atoms with E-state index in [2.05, 4.69) is 4.98 Å². The van der Waals surface area contributed by atoms with Gasteiger partial charge >= 0.3 is 11.4 Å². The van der Waals surface area contributed by atoms with Gasteiger partial charge in [-0.05, 0) is 22.6 Å². The van der Waals surface area contributed by atoms with Gasteiger partial charge in [-0.1, -0.05) is 0 Å². The Morgan fingerprint density at radius 1 is 0.941 bits per heavy atom. The predicted octanol–water partition coefficient (Wildman–Crippen LogP) is -4.07. The third kappa shape index (κ3) is 5.54. The Labute approximate surface area is 203 Å².